The van der Waals surface area contributed by atoms with E-state index >= 15 is 0 Å². The standard InChI is InChI=1S/C17H32N2O3/c1-14(15-5-2-7-18-12-15)11-17(20)19-8-4-9-21-13-16-6-3-10-22-16/h14-16,18H,2-13H2,1H3,(H,19,20). The maximum Gasteiger partial charge on any atom is 0.220 e. The molecule has 3 atom stereocenters. The molecule has 2 N–H and O–H groups in total. The van der Waals surface area contributed by atoms with Crippen molar-refractivity contribution in [3.05, 3.63) is 0 Å². The number of hydrogen-bond acceptors (Lipinski definition) is 4. The molecule has 2 saturated heterocycles. The third-order valence-electron chi connectivity index (χ3n) is 4.76. The van der Waals surface area contributed by atoms with Crippen LogP contribution in [0.2, 0.25) is 0 Å². The van der Waals surface area contributed by atoms with Crippen LogP contribution in [0.25, 0.3) is 0 Å². The van der Waals surface area contributed by atoms with Gasteiger partial charge in [-0.2, -0.15) is 0 Å². The fourth-order valence-electron chi connectivity index (χ4n) is 3.29. The summed E-state index contributed by atoms with van der Waals surface area (Å²) in [5, 5.41) is 6.43. The van der Waals surface area contributed by atoms with Gasteiger partial charge >= 0.3 is 0 Å². The first-order valence-corrected chi connectivity index (χ1v) is 8.92. The first-order valence-electron chi connectivity index (χ1n) is 8.92. The number of amides is 1. The van der Waals surface area contributed by atoms with E-state index in [2.05, 4.69) is 17.6 Å². The predicted molar refractivity (Wildman–Crippen MR) is 86.8 cm³/mol. The van der Waals surface area contributed by atoms with Gasteiger partial charge in [0.2, 0.25) is 5.91 Å². The molecule has 0 aromatic rings. The van der Waals surface area contributed by atoms with Crippen LogP contribution in [-0.2, 0) is 14.3 Å². The molecule has 2 rings (SSSR count). The summed E-state index contributed by atoms with van der Waals surface area (Å²) < 4.78 is 11.1. The zero-order chi connectivity index (χ0) is 15.6. The Balaban J connectivity index is 1.44. The molecule has 0 aromatic carbocycles. The quantitative estimate of drug-likeness (QED) is 0.636. The summed E-state index contributed by atoms with van der Waals surface area (Å²) in [6.07, 6.45) is 6.56. The molecule has 0 spiro atoms. The van der Waals surface area contributed by atoms with Crippen molar-refractivity contribution in [1.29, 1.82) is 0 Å². The molecular weight excluding hydrogens is 280 g/mol. The van der Waals surface area contributed by atoms with Gasteiger partial charge in [-0.25, -0.2) is 0 Å². The maximum absolute atomic E-state index is 11.9. The van der Waals surface area contributed by atoms with E-state index in [1.165, 1.54) is 12.8 Å². The van der Waals surface area contributed by atoms with Crippen LogP contribution in [0.3, 0.4) is 0 Å². The molecule has 2 fully saturated rings. The van der Waals surface area contributed by atoms with Gasteiger partial charge in [-0.3, -0.25) is 4.79 Å². The molecule has 0 aliphatic carbocycles. The summed E-state index contributed by atoms with van der Waals surface area (Å²) in [6, 6.07) is 0. The Bertz CT molecular complexity index is 313. The summed E-state index contributed by atoms with van der Waals surface area (Å²) in [5.74, 6) is 1.29. The van der Waals surface area contributed by atoms with Gasteiger partial charge < -0.3 is 20.1 Å². The molecule has 2 aliphatic rings. The molecule has 0 bridgehead atoms. The van der Waals surface area contributed by atoms with E-state index in [0.29, 0.717) is 44.1 Å². The van der Waals surface area contributed by atoms with Crippen LogP contribution < -0.4 is 10.6 Å². The number of rotatable bonds is 9. The molecule has 0 radical (unpaired) electrons. The van der Waals surface area contributed by atoms with Crippen LogP contribution >= 0.6 is 0 Å². The SMILES string of the molecule is CC(CC(=O)NCCCOCC1CCCO1)C1CCCNC1. The smallest absolute Gasteiger partial charge is 0.220 e. The van der Waals surface area contributed by atoms with Gasteiger partial charge in [0.15, 0.2) is 0 Å². The van der Waals surface area contributed by atoms with Crippen LogP contribution in [0.15, 0.2) is 0 Å². The summed E-state index contributed by atoms with van der Waals surface area (Å²) >= 11 is 0. The Labute approximate surface area is 134 Å². The molecule has 22 heavy (non-hydrogen) atoms. The topological polar surface area (TPSA) is 59.6 Å². The zero-order valence-electron chi connectivity index (χ0n) is 13.9. The summed E-state index contributed by atoms with van der Waals surface area (Å²) in [4.78, 5) is 11.9. The van der Waals surface area contributed by atoms with E-state index in [1.54, 1.807) is 0 Å². The Morgan fingerprint density at radius 2 is 2.32 bits per heavy atom. The first kappa shape index (κ1) is 17.7. The predicted octanol–water partition coefficient (Wildman–Crippen LogP) is 1.71. The van der Waals surface area contributed by atoms with Gasteiger partial charge in [0, 0.05) is 26.2 Å². The molecule has 2 aliphatic heterocycles. The summed E-state index contributed by atoms with van der Waals surface area (Å²) in [5.41, 5.74) is 0. The molecule has 3 unspecified atom stereocenters. The average Bonchev–Trinajstić information content (AvgIpc) is 3.05. The van der Waals surface area contributed by atoms with Crippen molar-refractivity contribution >= 4 is 5.91 Å². The first-order chi connectivity index (χ1) is 10.8. The molecular formula is C17H32N2O3. The highest BCUT2D eigenvalue weighted by atomic mass is 16.5. The van der Waals surface area contributed by atoms with Gasteiger partial charge in [-0.15, -0.1) is 0 Å². The lowest BCUT2D eigenvalue weighted by molar-refractivity contribution is -0.122. The highest BCUT2D eigenvalue weighted by Gasteiger charge is 2.21. The number of ether oxygens (including phenoxy) is 2. The third kappa shape index (κ3) is 6.63. The summed E-state index contributed by atoms with van der Waals surface area (Å²) in [6.45, 7) is 7.36. The van der Waals surface area contributed by atoms with Crippen LogP contribution in [0.5, 0.6) is 0 Å². The lowest BCUT2D eigenvalue weighted by Crippen LogP contribution is -2.35. The Morgan fingerprint density at radius 1 is 1.41 bits per heavy atom. The van der Waals surface area contributed by atoms with E-state index in [1.807, 2.05) is 0 Å². The normalized spacial score (nSPS) is 26.8. The number of carbonyl (C=O) groups excluding carboxylic acids is 1. The Morgan fingerprint density at radius 3 is 3.05 bits per heavy atom. The number of carbonyl (C=O) groups is 1. The number of piperidine rings is 1. The molecule has 5 heteroatoms. The van der Waals surface area contributed by atoms with Gasteiger partial charge in [0.1, 0.15) is 0 Å². The van der Waals surface area contributed by atoms with Crippen molar-refractivity contribution in [2.45, 2.75) is 51.6 Å². The minimum Gasteiger partial charge on any atom is -0.379 e. The molecule has 5 nitrogen and oxygen atoms in total. The Kier molecular flexibility index (Phi) is 8.20. The van der Waals surface area contributed by atoms with Gasteiger partial charge in [-0.05, 0) is 57.0 Å². The minimum absolute atomic E-state index is 0.178. The van der Waals surface area contributed by atoms with E-state index < -0.39 is 0 Å². The largest absolute Gasteiger partial charge is 0.379 e. The lowest BCUT2D eigenvalue weighted by atomic mass is 9.85. The highest BCUT2D eigenvalue weighted by molar-refractivity contribution is 5.76. The number of hydrogen-bond donors (Lipinski definition) is 2. The van der Waals surface area contributed by atoms with Crippen molar-refractivity contribution in [2.75, 3.05) is 39.5 Å². The second kappa shape index (κ2) is 10.2. The molecule has 1 amide bonds. The third-order valence-corrected chi connectivity index (χ3v) is 4.76. The average molecular weight is 312 g/mol. The summed E-state index contributed by atoms with van der Waals surface area (Å²) in [7, 11) is 0. The molecule has 0 aromatic heterocycles. The van der Waals surface area contributed by atoms with E-state index in [0.717, 1.165) is 39.0 Å². The van der Waals surface area contributed by atoms with Crippen LogP contribution in [0.4, 0.5) is 0 Å². The van der Waals surface area contributed by atoms with Crippen LogP contribution in [-0.4, -0.2) is 51.5 Å². The van der Waals surface area contributed by atoms with Crippen molar-refractivity contribution in [1.82, 2.24) is 10.6 Å². The lowest BCUT2D eigenvalue weighted by Gasteiger charge is -2.28. The van der Waals surface area contributed by atoms with E-state index in [-0.39, 0.29) is 5.91 Å². The van der Waals surface area contributed by atoms with Gasteiger partial charge in [-0.1, -0.05) is 6.92 Å². The monoisotopic (exact) mass is 312 g/mol. The molecule has 128 valence electrons. The zero-order valence-corrected chi connectivity index (χ0v) is 13.9. The fourth-order valence-corrected chi connectivity index (χ4v) is 3.29. The van der Waals surface area contributed by atoms with Crippen molar-refractivity contribution in [3.8, 4) is 0 Å². The minimum atomic E-state index is 0.178. The van der Waals surface area contributed by atoms with Crippen molar-refractivity contribution in [3.63, 3.8) is 0 Å². The maximum atomic E-state index is 11.9. The van der Waals surface area contributed by atoms with Crippen molar-refractivity contribution < 1.29 is 14.3 Å². The Hall–Kier alpha value is -0.650. The van der Waals surface area contributed by atoms with E-state index in [4.69, 9.17) is 9.47 Å². The van der Waals surface area contributed by atoms with Gasteiger partial charge in [0.05, 0.1) is 12.7 Å². The second-order valence-electron chi connectivity index (χ2n) is 6.70. The second-order valence-corrected chi connectivity index (χ2v) is 6.70. The highest BCUT2D eigenvalue weighted by Crippen LogP contribution is 2.22. The van der Waals surface area contributed by atoms with Crippen molar-refractivity contribution in [2.24, 2.45) is 11.8 Å². The van der Waals surface area contributed by atoms with E-state index in [9.17, 15) is 4.79 Å². The van der Waals surface area contributed by atoms with Crippen LogP contribution in [0, 0.1) is 11.8 Å². The van der Waals surface area contributed by atoms with Crippen LogP contribution in [0.1, 0.15) is 45.4 Å². The molecule has 0 saturated carbocycles. The number of nitrogens with one attached hydrogen (secondary N) is 2. The van der Waals surface area contributed by atoms with Gasteiger partial charge in [0.25, 0.3) is 0 Å². The molecule has 2 heterocycles. The fraction of sp³-hybridized carbons (Fsp3) is 0.941.